The molecule has 0 aliphatic carbocycles. The molecular formula is C21H14Br2O4S2. The van der Waals surface area contributed by atoms with Crippen LogP contribution in [0.1, 0.15) is 0 Å². The van der Waals surface area contributed by atoms with E-state index in [2.05, 4.69) is 31.9 Å². The number of benzene rings is 4. The first-order valence-electron chi connectivity index (χ1n) is 8.44. The van der Waals surface area contributed by atoms with Crippen LogP contribution in [-0.4, -0.2) is 20.1 Å². The van der Waals surface area contributed by atoms with Gasteiger partial charge in [-0.15, -0.1) is 0 Å². The summed E-state index contributed by atoms with van der Waals surface area (Å²) in [6.45, 7) is 0. The minimum atomic E-state index is -2.28. The van der Waals surface area contributed by atoms with Crippen molar-refractivity contribution in [3.05, 3.63) is 69.6 Å². The highest BCUT2D eigenvalue weighted by Crippen LogP contribution is 2.46. The van der Waals surface area contributed by atoms with E-state index in [9.17, 15) is 13.0 Å². The summed E-state index contributed by atoms with van der Waals surface area (Å²) in [7, 11) is 1.37. The molecule has 0 aromatic heterocycles. The van der Waals surface area contributed by atoms with Gasteiger partial charge in [-0.25, -0.2) is 8.42 Å². The molecule has 4 rings (SSSR count). The molecule has 0 saturated carbocycles. The maximum absolute atomic E-state index is 12.9. The molecular weight excluding hydrogens is 540 g/mol. The second-order valence-corrected chi connectivity index (χ2v) is 10.0. The van der Waals surface area contributed by atoms with E-state index in [0.29, 0.717) is 25.0 Å². The van der Waals surface area contributed by atoms with Crippen molar-refractivity contribution >= 4 is 75.6 Å². The Kier molecular flexibility index (Phi) is 6.02. The molecule has 4 nitrogen and oxygen atoms in total. The molecule has 0 amide bonds. The SMILES string of the molecule is COS(=O)c1c(Br)cc2ccccc2c1-c1c(S(=O)O)c(Br)cc2ccccc12. The van der Waals surface area contributed by atoms with Gasteiger partial charge in [0.1, 0.15) is 0 Å². The molecule has 0 heterocycles. The molecule has 8 heteroatoms. The zero-order valence-electron chi connectivity index (χ0n) is 15.0. The Labute approximate surface area is 189 Å². The van der Waals surface area contributed by atoms with E-state index in [4.69, 9.17) is 4.18 Å². The molecule has 29 heavy (non-hydrogen) atoms. The minimum Gasteiger partial charge on any atom is -0.302 e. The standard InChI is InChI=1S/C21H14Br2O4S2/c1-27-29(26)21-17(23)11-13-7-3-5-9-15(13)19(21)18-14-8-4-2-6-12(14)10-16(22)20(18)28(24)25/h2-11H,1H3,(H,24,25). The Morgan fingerprint density at radius 1 is 0.793 bits per heavy atom. The fraction of sp³-hybridized carbons (Fsp3) is 0.0476. The Morgan fingerprint density at radius 3 is 1.72 bits per heavy atom. The van der Waals surface area contributed by atoms with Gasteiger partial charge in [0.25, 0.3) is 0 Å². The van der Waals surface area contributed by atoms with Crippen molar-refractivity contribution in [2.24, 2.45) is 0 Å². The molecule has 0 fully saturated rings. The van der Waals surface area contributed by atoms with E-state index >= 15 is 0 Å². The third-order valence-corrected chi connectivity index (χ3v) is 8.26. The lowest BCUT2D eigenvalue weighted by Crippen LogP contribution is -2.03. The molecule has 1 N–H and O–H groups in total. The van der Waals surface area contributed by atoms with Crippen LogP contribution in [0.4, 0.5) is 0 Å². The Hall–Kier alpha value is -1.42. The van der Waals surface area contributed by atoms with Gasteiger partial charge in [0.05, 0.1) is 16.9 Å². The normalized spacial score (nSPS) is 13.7. The van der Waals surface area contributed by atoms with Crippen molar-refractivity contribution in [2.45, 2.75) is 9.79 Å². The van der Waals surface area contributed by atoms with Gasteiger partial charge in [0.2, 0.25) is 0 Å². The lowest BCUT2D eigenvalue weighted by molar-refractivity contribution is 0.445. The van der Waals surface area contributed by atoms with Crippen molar-refractivity contribution < 1.29 is 17.2 Å². The largest absolute Gasteiger partial charge is 0.302 e. The first kappa shape index (κ1) is 20.8. The first-order chi connectivity index (χ1) is 13.9. The molecule has 2 atom stereocenters. The van der Waals surface area contributed by atoms with Crippen LogP contribution in [0.2, 0.25) is 0 Å². The van der Waals surface area contributed by atoms with Crippen molar-refractivity contribution in [2.75, 3.05) is 7.11 Å². The second kappa shape index (κ2) is 8.37. The Balaban J connectivity index is 2.33. The Morgan fingerprint density at radius 2 is 1.24 bits per heavy atom. The number of rotatable bonds is 4. The second-order valence-electron chi connectivity index (χ2n) is 6.22. The summed E-state index contributed by atoms with van der Waals surface area (Å²) in [5.74, 6) is 0. The zero-order valence-corrected chi connectivity index (χ0v) is 19.8. The van der Waals surface area contributed by atoms with E-state index in [-0.39, 0.29) is 4.90 Å². The lowest BCUT2D eigenvalue weighted by atomic mass is 9.93. The molecule has 4 aromatic carbocycles. The van der Waals surface area contributed by atoms with Gasteiger partial charge in [-0.1, -0.05) is 48.5 Å². The van der Waals surface area contributed by atoms with Gasteiger partial charge < -0.3 is 4.55 Å². The van der Waals surface area contributed by atoms with E-state index < -0.39 is 22.2 Å². The van der Waals surface area contributed by atoms with Gasteiger partial charge in [-0.05, 0) is 65.5 Å². The smallest absolute Gasteiger partial charge is 0.190 e. The monoisotopic (exact) mass is 552 g/mol. The van der Waals surface area contributed by atoms with Crippen molar-refractivity contribution in [1.29, 1.82) is 0 Å². The fourth-order valence-corrected chi connectivity index (χ4v) is 6.58. The molecule has 0 bridgehead atoms. The van der Waals surface area contributed by atoms with Crippen LogP contribution in [0.5, 0.6) is 0 Å². The van der Waals surface area contributed by atoms with Crippen LogP contribution in [0.3, 0.4) is 0 Å². The molecule has 148 valence electrons. The third-order valence-electron chi connectivity index (χ3n) is 4.66. The topological polar surface area (TPSA) is 63.6 Å². The summed E-state index contributed by atoms with van der Waals surface area (Å²) in [6, 6.07) is 18.9. The predicted molar refractivity (Wildman–Crippen MR) is 125 cm³/mol. The maximum atomic E-state index is 12.9. The summed E-state index contributed by atoms with van der Waals surface area (Å²) in [4.78, 5) is 0.641. The molecule has 0 saturated heterocycles. The van der Waals surface area contributed by atoms with Crippen molar-refractivity contribution in [1.82, 2.24) is 0 Å². The maximum Gasteiger partial charge on any atom is 0.190 e. The molecule has 4 aromatic rings. The quantitative estimate of drug-likeness (QED) is 0.295. The molecule has 0 aliphatic rings. The van der Waals surface area contributed by atoms with Crippen LogP contribution < -0.4 is 0 Å². The molecule has 0 radical (unpaired) electrons. The summed E-state index contributed by atoms with van der Waals surface area (Å²) in [5.41, 5.74) is 1.15. The third kappa shape index (κ3) is 3.62. The summed E-state index contributed by atoms with van der Waals surface area (Å²) in [5, 5.41) is 3.39. The average Bonchev–Trinajstić information content (AvgIpc) is 2.71. The zero-order chi connectivity index (χ0) is 20.7. The minimum absolute atomic E-state index is 0.223. The summed E-state index contributed by atoms with van der Waals surface area (Å²) < 4.78 is 41.7. The molecule has 0 spiro atoms. The van der Waals surface area contributed by atoms with E-state index in [1.165, 1.54) is 7.11 Å². The van der Waals surface area contributed by atoms with Crippen LogP contribution in [-0.2, 0) is 26.3 Å². The van der Waals surface area contributed by atoms with Gasteiger partial charge in [-0.3, -0.25) is 4.18 Å². The highest BCUT2D eigenvalue weighted by atomic mass is 79.9. The number of fused-ring (bicyclic) bond motifs is 2. The van der Waals surface area contributed by atoms with Gasteiger partial charge >= 0.3 is 0 Å². The van der Waals surface area contributed by atoms with Crippen LogP contribution in [0.15, 0.2) is 79.4 Å². The highest BCUT2D eigenvalue weighted by Gasteiger charge is 2.26. The fourth-order valence-electron chi connectivity index (χ4n) is 3.50. The van der Waals surface area contributed by atoms with E-state index in [1.54, 1.807) is 0 Å². The Bertz CT molecular complexity index is 1320. The molecule has 2 unspecified atom stereocenters. The number of hydrogen-bond donors (Lipinski definition) is 1. The molecule has 0 aliphatic heterocycles. The van der Waals surface area contributed by atoms with Gasteiger partial charge in [0.15, 0.2) is 22.2 Å². The summed E-state index contributed by atoms with van der Waals surface area (Å²) >= 11 is 2.92. The number of halogens is 2. The van der Waals surface area contributed by atoms with Crippen LogP contribution >= 0.6 is 31.9 Å². The van der Waals surface area contributed by atoms with E-state index in [0.717, 1.165) is 21.5 Å². The van der Waals surface area contributed by atoms with Crippen molar-refractivity contribution in [3.63, 3.8) is 0 Å². The predicted octanol–water partition coefficient (Wildman–Crippen LogP) is 6.43. The average molecular weight is 554 g/mol. The number of hydrogen-bond acceptors (Lipinski definition) is 3. The van der Waals surface area contributed by atoms with Crippen molar-refractivity contribution in [3.8, 4) is 11.1 Å². The van der Waals surface area contributed by atoms with Crippen LogP contribution in [0.25, 0.3) is 32.7 Å². The van der Waals surface area contributed by atoms with Crippen LogP contribution in [0, 0.1) is 0 Å². The van der Waals surface area contributed by atoms with Gasteiger partial charge in [-0.2, -0.15) is 0 Å². The van der Waals surface area contributed by atoms with Gasteiger partial charge in [0, 0.05) is 20.1 Å². The first-order valence-corrected chi connectivity index (χ1v) is 12.2. The highest BCUT2D eigenvalue weighted by molar-refractivity contribution is 9.10. The summed E-state index contributed by atoms with van der Waals surface area (Å²) in [6.07, 6.45) is 0. The lowest BCUT2D eigenvalue weighted by Gasteiger charge is -2.19. The van der Waals surface area contributed by atoms with E-state index in [1.807, 2.05) is 60.7 Å².